The fourth-order valence-corrected chi connectivity index (χ4v) is 20.9. The van der Waals surface area contributed by atoms with Crippen molar-refractivity contribution >= 4 is 45.3 Å². The molecular formula is C18H39BrGeN2OS. The molecule has 6 heteroatoms. The molecule has 0 radical (unpaired) electrons. The van der Waals surface area contributed by atoms with Crippen molar-refractivity contribution in [2.24, 2.45) is 23.5 Å². The summed E-state index contributed by atoms with van der Waals surface area (Å²) in [7, 11) is 2.18. The van der Waals surface area contributed by atoms with Crippen molar-refractivity contribution < 1.29 is 4.79 Å². The van der Waals surface area contributed by atoms with Crippen molar-refractivity contribution in [3.05, 3.63) is 0 Å². The third-order valence-electron chi connectivity index (χ3n) is 4.71. The van der Waals surface area contributed by atoms with Crippen LogP contribution in [0.25, 0.3) is 0 Å². The van der Waals surface area contributed by atoms with Crippen LogP contribution in [-0.4, -0.2) is 40.4 Å². The number of carbonyl (C=O) groups is 1. The maximum atomic E-state index is 13.0. The van der Waals surface area contributed by atoms with E-state index in [9.17, 15) is 4.79 Å². The summed E-state index contributed by atoms with van der Waals surface area (Å²) in [5.74, 6) is 3.32. The predicted molar refractivity (Wildman–Crippen MR) is 116 cm³/mol. The number of rotatable bonds is 9. The van der Waals surface area contributed by atoms with Gasteiger partial charge in [-0.3, -0.25) is 0 Å². The van der Waals surface area contributed by atoms with E-state index in [2.05, 4.69) is 55.5 Å². The van der Waals surface area contributed by atoms with Crippen LogP contribution in [0.5, 0.6) is 0 Å². The van der Waals surface area contributed by atoms with Gasteiger partial charge in [0.1, 0.15) is 0 Å². The standard InChI is InChI=1S/C18H38GeN2OS.BrH/c1-14(2)7-9-19(10-8-15(3)4)21(11-12-23-19)18(22)17(20)13-16(5)6;/h14-17H,7-13,20H2,1-6H3;1H. The second-order valence-corrected chi connectivity index (χ2v) is 22.0. The summed E-state index contributed by atoms with van der Waals surface area (Å²) in [5, 5.41) is 2.57. The van der Waals surface area contributed by atoms with Crippen LogP contribution in [0, 0.1) is 17.8 Å². The topological polar surface area (TPSA) is 46.3 Å². The molecule has 0 aromatic carbocycles. The van der Waals surface area contributed by atoms with Gasteiger partial charge in [-0.15, -0.1) is 17.0 Å². The van der Waals surface area contributed by atoms with Crippen molar-refractivity contribution in [1.29, 1.82) is 0 Å². The molecule has 24 heavy (non-hydrogen) atoms. The quantitative estimate of drug-likeness (QED) is 0.467. The summed E-state index contributed by atoms with van der Waals surface area (Å²) in [4.78, 5) is 13.0. The molecule has 144 valence electrons. The number of hydrogen-bond donors (Lipinski definition) is 1. The Morgan fingerprint density at radius 2 is 1.54 bits per heavy atom. The van der Waals surface area contributed by atoms with Gasteiger partial charge in [0.15, 0.2) is 0 Å². The average molecular weight is 484 g/mol. The van der Waals surface area contributed by atoms with Crippen LogP contribution in [0.2, 0.25) is 10.5 Å². The Morgan fingerprint density at radius 1 is 1.04 bits per heavy atom. The number of amides is 1. The Kier molecular flexibility index (Phi) is 11.9. The number of hydrogen-bond acceptors (Lipinski definition) is 3. The van der Waals surface area contributed by atoms with Gasteiger partial charge < -0.3 is 0 Å². The summed E-state index contributed by atoms with van der Waals surface area (Å²) < 4.78 is 2.34. The Morgan fingerprint density at radius 3 is 1.96 bits per heavy atom. The van der Waals surface area contributed by atoms with Crippen LogP contribution >= 0.6 is 27.1 Å². The molecule has 1 unspecified atom stereocenters. The molecular weight excluding hydrogens is 445 g/mol. The van der Waals surface area contributed by atoms with E-state index in [0.29, 0.717) is 5.92 Å². The van der Waals surface area contributed by atoms with Crippen LogP contribution in [0.3, 0.4) is 0 Å². The van der Waals surface area contributed by atoms with Gasteiger partial charge in [0.2, 0.25) is 0 Å². The van der Waals surface area contributed by atoms with Crippen molar-refractivity contribution in [2.75, 3.05) is 12.3 Å². The zero-order valence-electron chi connectivity index (χ0n) is 16.5. The molecule has 0 spiro atoms. The van der Waals surface area contributed by atoms with Crippen LogP contribution in [0.1, 0.15) is 60.8 Å². The molecule has 0 aliphatic carbocycles. The van der Waals surface area contributed by atoms with Gasteiger partial charge in [0, 0.05) is 0 Å². The van der Waals surface area contributed by atoms with Crippen LogP contribution in [-0.2, 0) is 4.79 Å². The molecule has 0 bridgehead atoms. The fraction of sp³-hybridized carbons (Fsp3) is 0.944. The molecule has 0 saturated carbocycles. The van der Waals surface area contributed by atoms with Crippen molar-refractivity contribution in [1.82, 2.24) is 3.86 Å². The Labute approximate surface area is 166 Å². The van der Waals surface area contributed by atoms with E-state index in [0.717, 1.165) is 30.6 Å². The van der Waals surface area contributed by atoms with Gasteiger partial charge in [-0.05, 0) is 0 Å². The second kappa shape index (κ2) is 11.5. The summed E-state index contributed by atoms with van der Waals surface area (Å²) in [6.45, 7) is 14.5. The molecule has 1 heterocycles. The molecule has 1 amide bonds. The van der Waals surface area contributed by atoms with Gasteiger partial charge in [-0.1, -0.05) is 0 Å². The third kappa shape index (κ3) is 7.59. The first-order chi connectivity index (χ1) is 10.7. The van der Waals surface area contributed by atoms with E-state index in [1.54, 1.807) is 0 Å². The van der Waals surface area contributed by atoms with Crippen molar-refractivity contribution in [3.8, 4) is 0 Å². The van der Waals surface area contributed by atoms with E-state index < -0.39 is 12.3 Å². The fourth-order valence-electron chi connectivity index (χ4n) is 3.30. The summed E-state index contributed by atoms with van der Waals surface area (Å²) in [6.07, 6.45) is 3.33. The first kappa shape index (κ1) is 24.8. The first-order valence-electron chi connectivity index (χ1n) is 9.39. The normalized spacial score (nSPS) is 18.3. The zero-order chi connectivity index (χ0) is 17.6. The Balaban J connectivity index is 0.00000529. The number of halogens is 1. The Bertz CT molecular complexity index is 368. The molecule has 0 aromatic heterocycles. The number of carbonyl (C=O) groups excluding carboxylic acids is 1. The van der Waals surface area contributed by atoms with E-state index in [-0.39, 0.29) is 28.9 Å². The van der Waals surface area contributed by atoms with Crippen LogP contribution < -0.4 is 5.73 Å². The number of nitrogens with two attached hydrogens (primary N) is 1. The van der Waals surface area contributed by atoms with E-state index in [1.165, 1.54) is 23.3 Å². The number of nitrogens with zero attached hydrogens (tertiary/aromatic N) is 1. The van der Waals surface area contributed by atoms with Gasteiger partial charge in [0.05, 0.1) is 0 Å². The summed E-state index contributed by atoms with van der Waals surface area (Å²) in [5.41, 5.74) is 6.26. The first-order valence-corrected chi connectivity index (χ1v) is 16.8. The molecule has 1 aliphatic rings. The SMILES string of the molecule is Br.CC(C)C[CH2][Ge]1([CH2]CC(C)C)[S]CC[N]1C(=O)C(N)CC(C)C. The maximum absolute atomic E-state index is 13.0. The van der Waals surface area contributed by atoms with Crippen molar-refractivity contribution in [3.63, 3.8) is 0 Å². The van der Waals surface area contributed by atoms with Gasteiger partial charge in [-0.25, -0.2) is 0 Å². The van der Waals surface area contributed by atoms with Gasteiger partial charge in [0.25, 0.3) is 0 Å². The van der Waals surface area contributed by atoms with Crippen molar-refractivity contribution in [2.45, 2.75) is 77.4 Å². The predicted octanol–water partition coefficient (Wildman–Crippen LogP) is 5.05. The third-order valence-corrected chi connectivity index (χ3v) is 21.1. The minimum absolute atomic E-state index is 0. The molecule has 1 rings (SSSR count). The van der Waals surface area contributed by atoms with Crippen LogP contribution in [0.4, 0.5) is 0 Å². The molecule has 1 atom stereocenters. The Hall–Kier alpha value is 0.803. The summed E-state index contributed by atoms with van der Waals surface area (Å²) >= 11 is -2.35. The molecule has 2 N–H and O–H groups in total. The monoisotopic (exact) mass is 484 g/mol. The molecule has 1 aliphatic heterocycles. The van der Waals surface area contributed by atoms with Gasteiger partial charge in [-0.2, -0.15) is 0 Å². The van der Waals surface area contributed by atoms with E-state index >= 15 is 0 Å². The molecule has 1 saturated heterocycles. The zero-order valence-corrected chi connectivity index (χ0v) is 21.1. The second-order valence-electron chi connectivity index (χ2n) is 8.39. The molecule has 1 fully saturated rings. The summed E-state index contributed by atoms with van der Waals surface area (Å²) in [6, 6.07) is -0.295. The average Bonchev–Trinajstić information content (AvgIpc) is 2.85. The minimum atomic E-state index is -2.35. The van der Waals surface area contributed by atoms with E-state index in [1.807, 2.05) is 0 Å². The van der Waals surface area contributed by atoms with Gasteiger partial charge >= 0.3 is 150 Å². The van der Waals surface area contributed by atoms with E-state index in [4.69, 9.17) is 5.73 Å². The molecule has 0 aromatic rings. The van der Waals surface area contributed by atoms with Crippen LogP contribution in [0.15, 0.2) is 0 Å². The molecule has 3 nitrogen and oxygen atoms in total.